The van der Waals surface area contributed by atoms with Gasteiger partial charge in [-0.2, -0.15) is 0 Å². The van der Waals surface area contributed by atoms with Gasteiger partial charge in [-0.05, 0) is 19.8 Å². The first kappa shape index (κ1) is 18.4. The van der Waals surface area contributed by atoms with Gasteiger partial charge in [0.15, 0.2) is 5.65 Å². The largest absolute Gasteiger partial charge is 0.506 e. The number of rotatable bonds is 2. The fraction of sp³-hybridized carbons (Fsp3) is 0.562. The summed E-state index contributed by atoms with van der Waals surface area (Å²) in [7, 11) is 0.936. The third-order valence-electron chi connectivity index (χ3n) is 4.11. The van der Waals surface area contributed by atoms with Crippen LogP contribution >= 0.6 is 0 Å². The third kappa shape index (κ3) is 3.75. The predicted molar refractivity (Wildman–Crippen MR) is 94.5 cm³/mol. The molecule has 3 rings (SSSR count). The van der Waals surface area contributed by atoms with Crippen LogP contribution in [0.25, 0.3) is 11.2 Å². The number of amides is 1. The molecule has 1 aliphatic heterocycles. The minimum atomic E-state index is -0.775. The Labute approximate surface area is 144 Å². The number of pyridine rings is 1. The van der Waals surface area contributed by atoms with E-state index in [0.29, 0.717) is 35.5 Å². The number of aryl methyl sites for hydroxylation is 1. The van der Waals surface area contributed by atoms with E-state index in [1.165, 1.54) is 12.3 Å². The number of imidazole rings is 1. The maximum absolute atomic E-state index is 12.5. The van der Waals surface area contributed by atoms with Crippen molar-refractivity contribution in [2.24, 2.45) is 7.05 Å². The predicted octanol–water partition coefficient (Wildman–Crippen LogP) is 1.73. The normalized spacial score (nSPS) is 23.4. The van der Waals surface area contributed by atoms with Crippen LogP contribution in [0.2, 0.25) is 0 Å². The molecule has 3 heterocycles. The van der Waals surface area contributed by atoms with Crippen molar-refractivity contribution < 1.29 is 14.1 Å². The zero-order valence-corrected chi connectivity index (χ0v) is 15.3. The number of hydrogen-bond acceptors (Lipinski definition) is 5. The SMILES string of the molecule is CC.Cn1c(C(=O)NC2(C)CCS(=O)CC2)nc2ncc(O)cc21. The molecule has 0 unspecified atom stereocenters. The summed E-state index contributed by atoms with van der Waals surface area (Å²) < 4.78 is 13.1. The maximum atomic E-state index is 12.5. The molecule has 8 heteroatoms. The highest BCUT2D eigenvalue weighted by Crippen LogP contribution is 2.23. The average molecular weight is 352 g/mol. The number of fused-ring (bicyclic) bond motifs is 1. The van der Waals surface area contributed by atoms with E-state index in [-0.39, 0.29) is 23.0 Å². The molecule has 0 aromatic carbocycles. The maximum Gasteiger partial charge on any atom is 0.287 e. The Morgan fingerprint density at radius 3 is 2.62 bits per heavy atom. The van der Waals surface area contributed by atoms with Crippen molar-refractivity contribution in [1.82, 2.24) is 19.9 Å². The molecule has 1 saturated heterocycles. The van der Waals surface area contributed by atoms with E-state index in [1.54, 1.807) is 11.6 Å². The molecule has 0 aliphatic carbocycles. The van der Waals surface area contributed by atoms with Gasteiger partial charge >= 0.3 is 0 Å². The van der Waals surface area contributed by atoms with Crippen LogP contribution in [0.5, 0.6) is 5.75 Å². The Bertz CT molecular complexity index is 762. The van der Waals surface area contributed by atoms with Crippen LogP contribution in [0.15, 0.2) is 12.3 Å². The Morgan fingerprint density at radius 1 is 1.38 bits per heavy atom. The van der Waals surface area contributed by atoms with Crippen LogP contribution in [-0.4, -0.2) is 46.8 Å². The molecule has 2 aromatic heterocycles. The first-order valence-corrected chi connectivity index (χ1v) is 9.56. The number of nitrogens with one attached hydrogen (secondary N) is 1. The van der Waals surface area contributed by atoms with E-state index in [1.807, 2.05) is 20.8 Å². The van der Waals surface area contributed by atoms with Crippen LogP contribution < -0.4 is 5.32 Å². The lowest BCUT2D eigenvalue weighted by Gasteiger charge is -2.33. The van der Waals surface area contributed by atoms with Crippen LogP contribution in [0.4, 0.5) is 0 Å². The molecule has 0 radical (unpaired) electrons. The molecule has 0 spiro atoms. The number of carbonyl (C=O) groups is 1. The van der Waals surface area contributed by atoms with Crippen molar-refractivity contribution in [1.29, 1.82) is 0 Å². The summed E-state index contributed by atoms with van der Waals surface area (Å²) in [6.07, 6.45) is 2.68. The fourth-order valence-electron chi connectivity index (χ4n) is 2.62. The minimum Gasteiger partial charge on any atom is -0.506 e. The van der Waals surface area contributed by atoms with Crippen molar-refractivity contribution in [2.75, 3.05) is 11.5 Å². The highest BCUT2D eigenvalue weighted by molar-refractivity contribution is 7.85. The van der Waals surface area contributed by atoms with Gasteiger partial charge in [-0.25, -0.2) is 9.97 Å². The average Bonchev–Trinajstić information content (AvgIpc) is 2.89. The van der Waals surface area contributed by atoms with E-state index >= 15 is 0 Å². The Kier molecular flexibility index (Phi) is 5.58. The minimum absolute atomic E-state index is 0.0316. The second kappa shape index (κ2) is 7.29. The van der Waals surface area contributed by atoms with Gasteiger partial charge in [-0.1, -0.05) is 13.8 Å². The topological polar surface area (TPSA) is 97.1 Å². The first-order chi connectivity index (χ1) is 11.4. The fourth-order valence-corrected chi connectivity index (χ4v) is 4.18. The van der Waals surface area contributed by atoms with E-state index in [0.717, 1.165) is 0 Å². The highest BCUT2D eigenvalue weighted by Gasteiger charge is 2.32. The van der Waals surface area contributed by atoms with E-state index in [4.69, 9.17) is 0 Å². The molecule has 24 heavy (non-hydrogen) atoms. The van der Waals surface area contributed by atoms with E-state index in [2.05, 4.69) is 15.3 Å². The lowest BCUT2D eigenvalue weighted by atomic mass is 9.95. The Hall–Kier alpha value is -1.96. The number of carbonyl (C=O) groups excluding carboxylic acids is 1. The zero-order chi connectivity index (χ0) is 17.9. The summed E-state index contributed by atoms with van der Waals surface area (Å²) in [6, 6.07) is 1.53. The van der Waals surface area contributed by atoms with Crippen LogP contribution in [0, 0.1) is 0 Å². The van der Waals surface area contributed by atoms with E-state index in [9.17, 15) is 14.1 Å². The van der Waals surface area contributed by atoms with Gasteiger partial charge in [0.2, 0.25) is 5.82 Å². The third-order valence-corrected chi connectivity index (χ3v) is 5.42. The molecule has 2 N–H and O–H groups in total. The second-order valence-electron chi connectivity index (χ2n) is 5.89. The summed E-state index contributed by atoms with van der Waals surface area (Å²) >= 11 is 0. The van der Waals surface area contributed by atoms with Gasteiger partial charge in [0.25, 0.3) is 5.91 Å². The summed E-state index contributed by atoms with van der Waals surface area (Å²) in [5.41, 5.74) is 0.652. The standard InChI is InChI=1S/C14H18N4O3S.C2H6/c1-14(3-5-22(21)6-4-14)17-13(20)12-16-11-10(18(12)2)7-9(19)8-15-11;1-2/h7-8,19H,3-6H2,1-2H3,(H,17,20);1-2H3. The van der Waals surface area contributed by atoms with Gasteiger partial charge in [0, 0.05) is 41.0 Å². The monoisotopic (exact) mass is 352 g/mol. The molecule has 132 valence electrons. The molecule has 0 bridgehead atoms. The summed E-state index contributed by atoms with van der Waals surface area (Å²) in [4.78, 5) is 20.8. The zero-order valence-electron chi connectivity index (χ0n) is 14.5. The molecule has 0 atom stereocenters. The number of hydrogen-bond donors (Lipinski definition) is 2. The van der Waals surface area contributed by atoms with Gasteiger partial charge in [0.1, 0.15) is 5.75 Å². The highest BCUT2D eigenvalue weighted by atomic mass is 32.2. The molecular formula is C16H24N4O3S. The van der Waals surface area contributed by atoms with Crippen LogP contribution in [0.3, 0.4) is 0 Å². The summed E-state index contributed by atoms with van der Waals surface area (Å²) in [5, 5.41) is 12.5. The van der Waals surface area contributed by atoms with Crippen molar-refractivity contribution in [2.45, 2.75) is 39.2 Å². The molecule has 1 fully saturated rings. The van der Waals surface area contributed by atoms with Gasteiger partial charge in [-0.3, -0.25) is 9.00 Å². The number of aromatic hydroxyl groups is 1. The van der Waals surface area contributed by atoms with Crippen molar-refractivity contribution in [3.8, 4) is 5.75 Å². The molecule has 1 aliphatic rings. The van der Waals surface area contributed by atoms with E-state index < -0.39 is 10.8 Å². The molecule has 0 saturated carbocycles. The summed E-state index contributed by atoms with van der Waals surface area (Å²) in [6.45, 7) is 5.97. The number of aromatic nitrogens is 3. The quantitative estimate of drug-likeness (QED) is 0.858. The smallest absolute Gasteiger partial charge is 0.287 e. The Balaban J connectivity index is 0.00000100. The van der Waals surface area contributed by atoms with Crippen molar-refractivity contribution in [3.63, 3.8) is 0 Å². The molecule has 2 aromatic rings. The summed E-state index contributed by atoms with van der Waals surface area (Å²) in [5.74, 6) is 1.21. The number of nitrogens with zero attached hydrogens (tertiary/aromatic N) is 3. The van der Waals surface area contributed by atoms with Gasteiger partial charge < -0.3 is 15.0 Å². The van der Waals surface area contributed by atoms with Crippen LogP contribution in [-0.2, 0) is 17.8 Å². The molecule has 1 amide bonds. The first-order valence-electron chi connectivity index (χ1n) is 8.07. The van der Waals surface area contributed by atoms with Gasteiger partial charge in [0.05, 0.1) is 11.7 Å². The lowest BCUT2D eigenvalue weighted by Crippen LogP contribution is -2.50. The second-order valence-corrected chi connectivity index (χ2v) is 7.59. The van der Waals surface area contributed by atoms with Crippen molar-refractivity contribution in [3.05, 3.63) is 18.1 Å². The van der Waals surface area contributed by atoms with Gasteiger partial charge in [-0.15, -0.1) is 0 Å². The Morgan fingerprint density at radius 2 is 2.00 bits per heavy atom. The molecular weight excluding hydrogens is 328 g/mol. The van der Waals surface area contributed by atoms with Crippen molar-refractivity contribution >= 4 is 27.9 Å². The molecule has 7 nitrogen and oxygen atoms in total. The van der Waals surface area contributed by atoms with Crippen LogP contribution in [0.1, 0.15) is 44.2 Å². The lowest BCUT2D eigenvalue weighted by molar-refractivity contribution is 0.0887.